The third-order valence-corrected chi connectivity index (χ3v) is 3.81. The number of anilines is 1. The molecular weight excluding hydrogens is 272 g/mol. The van der Waals surface area contributed by atoms with Crippen molar-refractivity contribution in [2.45, 2.75) is 0 Å². The summed E-state index contributed by atoms with van der Waals surface area (Å²) in [5, 5.41) is 4.83. The number of rotatable bonds is 7. The predicted octanol–water partition coefficient (Wildman–Crippen LogP) is 3.02. The summed E-state index contributed by atoms with van der Waals surface area (Å²) in [5.74, 6) is 0. The van der Waals surface area contributed by atoms with Crippen LogP contribution in [-0.2, 0) is 9.47 Å². The highest BCUT2D eigenvalue weighted by Gasteiger charge is 2.05. The Labute approximate surface area is 115 Å². The zero-order valence-corrected chi connectivity index (χ0v) is 11.7. The lowest BCUT2D eigenvalue weighted by Gasteiger charge is -2.03. The van der Waals surface area contributed by atoms with E-state index in [1.165, 1.54) is 0 Å². The molecule has 2 rings (SSSR count). The first kappa shape index (κ1) is 13.5. The first-order valence-corrected chi connectivity index (χ1v) is 6.86. The first-order chi connectivity index (χ1) is 8.81. The molecule has 18 heavy (non-hydrogen) atoms. The Balaban J connectivity index is 1.83. The highest BCUT2D eigenvalue weighted by atomic mass is 35.5. The molecule has 1 heterocycles. The highest BCUT2D eigenvalue weighted by Crippen LogP contribution is 2.31. The number of hydrogen-bond donors (Lipinski definition) is 1. The molecule has 2 aromatic rings. The van der Waals surface area contributed by atoms with Gasteiger partial charge >= 0.3 is 0 Å². The van der Waals surface area contributed by atoms with Crippen LogP contribution in [0.4, 0.5) is 5.13 Å². The number of ether oxygens (including phenoxy) is 2. The molecule has 0 aliphatic heterocycles. The quantitative estimate of drug-likeness (QED) is 0.795. The number of benzene rings is 1. The van der Waals surface area contributed by atoms with Gasteiger partial charge in [0.05, 0.1) is 35.1 Å². The highest BCUT2D eigenvalue weighted by molar-refractivity contribution is 7.22. The Kier molecular flexibility index (Phi) is 5.19. The van der Waals surface area contributed by atoms with Gasteiger partial charge in [0, 0.05) is 13.7 Å². The molecule has 0 bridgehead atoms. The molecule has 6 heteroatoms. The Morgan fingerprint density at radius 2 is 2.22 bits per heavy atom. The first-order valence-electron chi connectivity index (χ1n) is 5.67. The molecule has 0 spiro atoms. The van der Waals surface area contributed by atoms with E-state index in [9.17, 15) is 0 Å². The van der Waals surface area contributed by atoms with Gasteiger partial charge in [-0.05, 0) is 12.1 Å². The second-order valence-corrected chi connectivity index (χ2v) is 5.05. The summed E-state index contributed by atoms with van der Waals surface area (Å²) in [6.45, 7) is 2.59. The maximum absolute atomic E-state index is 6.09. The second kappa shape index (κ2) is 6.89. The van der Waals surface area contributed by atoms with Gasteiger partial charge < -0.3 is 14.8 Å². The number of methoxy groups -OCH3 is 1. The molecular formula is C12H15ClN2O2S. The van der Waals surface area contributed by atoms with Crippen molar-refractivity contribution in [3.8, 4) is 0 Å². The van der Waals surface area contributed by atoms with Crippen LogP contribution in [0.5, 0.6) is 0 Å². The van der Waals surface area contributed by atoms with Crippen molar-refractivity contribution in [3.63, 3.8) is 0 Å². The van der Waals surface area contributed by atoms with E-state index in [0.717, 1.165) is 26.9 Å². The zero-order valence-electron chi connectivity index (χ0n) is 10.1. The van der Waals surface area contributed by atoms with Gasteiger partial charge in [-0.1, -0.05) is 29.0 Å². The van der Waals surface area contributed by atoms with Gasteiger partial charge in [-0.25, -0.2) is 4.98 Å². The number of nitrogens with zero attached hydrogens (tertiary/aromatic N) is 1. The van der Waals surface area contributed by atoms with Crippen molar-refractivity contribution < 1.29 is 9.47 Å². The van der Waals surface area contributed by atoms with E-state index in [2.05, 4.69) is 10.3 Å². The lowest BCUT2D eigenvalue weighted by Crippen LogP contribution is -2.11. The SMILES string of the molecule is COCCOCCNc1nc2cccc(Cl)c2s1. The van der Waals surface area contributed by atoms with Gasteiger partial charge in [-0.3, -0.25) is 0 Å². The van der Waals surface area contributed by atoms with Crippen molar-refractivity contribution in [2.75, 3.05) is 38.8 Å². The molecule has 1 aromatic carbocycles. The summed E-state index contributed by atoms with van der Waals surface area (Å²) in [5.41, 5.74) is 0.926. The summed E-state index contributed by atoms with van der Waals surface area (Å²) in [7, 11) is 1.66. The summed E-state index contributed by atoms with van der Waals surface area (Å²) < 4.78 is 11.3. The number of hydrogen-bond acceptors (Lipinski definition) is 5. The molecule has 0 aliphatic carbocycles. The van der Waals surface area contributed by atoms with E-state index in [0.29, 0.717) is 19.8 Å². The van der Waals surface area contributed by atoms with E-state index in [-0.39, 0.29) is 0 Å². The monoisotopic (exact) mass is 286 g/mol. The topological polar surface area (TPSA) is 43.4 Å². The van der Waals surface area contributed by atoms with Crippen LogP contribution in [0, 0.1) is 0 Å². The maximum Gasteiger partial charge on any atom is 0.183 e. The van der Waals surface area contributed by atoms with Gasteiger partial charge in [0.15, 0.2) is 5.13 Å². The van der Waals surface area contributed by atoms with Crippen molar-refractivity contribution >= 4 is 38.3 Å². The summed E-state index contributed by atoms with van der Waals surface area (Å²) in [6, 6.07) is 5.74. The molecule has 0 amide bonds. The van der Waals surface area contributed by atoms with Gasteiger partial charge in [0.1, 0.15) is 0 Å². The third kappa shape index (κ3) is 3.55. The number of aromatic nitrogens is 1. The van der Waals surface area contributed by atoms with Gasteiger partial charge in [0.2, 0.25) is 0 Å². The molecule has 0 aliphatic rings. The molecule has 4 nitrogen and oxygen atoms in total. The molecule has 0 unspecified atom stereocenters. The van der Waals surface area contributed by atoms with Gasteiger partial charge in [0.25, 0.3) is 0 Å². The van der Waals surface area contributed by atoms with Crippen LogP contribution in [0.15, 0.2) is 18.2 Å². The normalized spacial score (nSPS) is 11.0. The zero-order chi connectivity index (χ0) is 12.8. The standard InChI is InChI=1S/C12H15ClN2O2S/c1-16-7-8-17-6-5-14-12-15-10-4-2-3-9(13)11(10)18-12/h2-4H,5-8H2,1H3,(H,14,15). The number of nitrogens with one attached hydrogen (secondary N) is 1. The Morgan fingerprint density at radius 1 is 1.33 bits per heavy atom. The molecule has 0 saturated heterocycles. The van der Waals surface area contributed by atoms with Crippen LogP contribution in [0.3, 0.4) is 0 Å². The average Bonchev–Trinajstić information content (AvgIpc) is 2.78. The van der Waals surface area contributed by atoms with Crippen LogP contribution in [0.2, 0.25) is 5.02 Å². The fraction of sp³-hybridized carbons (Fsp3) is 0.417. The van der Waals surface area contributed by atoms with E-state index >= 15 is 0 Å². The lowest BCUT2D eigenvalue weighted by atomic mass is 10.3. The minimum atomic E-state index is 0.615. The van der Waals surface area contributed by atoms with Crippen LogP contribution in [0.25, 0.3) is 10.2 Å². The van der Waals surface area contributed by atoms with Gasteiger partial charge in [-0.2, -0.15) is 0 Å². The van der Waals surface area contributed by atoms with Crippen LogP contribution in [-0.4, -0.2) is 38.5 Å². The molecule has 1 aromatic heterocycles. The largest absolute Gasteiger partial charge is 0.382 e. The molecule has 98 valence electrons. The number of fused-ring (bicyclic) bond motifs is 1. The Hall–Kier alpha value is -0.880. The van der Waals surface area contributed by atoms with Crippen LogP contribution < -0.4 is 5.32 Å². The summed E-state index contributed by atoms with van der Waals surface area (Å²) in [6.07, 6.45) is 0. The Bertz CT molecular complexity index is 504. The van der Waals surface area contributed by atoms with Crippen LogP contribution in [0.1, 0.15) is 0 Å². The van der Waals surface area contributed by atoms with Crippen molar-refractivity contribution in [2.24, 2.45) is 0 Å². The van der Waals surface area contributed by atoms with E-state index in [1.54, 1.807) is 18.4 Å². The second-order valence-electron chi connectivity index (χ2n) is 3.64. The molecule has 0 radical (unpaired) electrons. The fourth-order valence-electron chi connectivity index (χ4n) is 1.47. The average molecular weight is 287 g/mol. The fourth-order valence-corrected chi connectivity index (χ4v) is 2.65. The summed E-state index contributed by atoms with van der Waals surface area (Å²) in [4.78, 5) is 4.45. The minimum absolute atomic E-state index is 0.615. The molecule has 0 saturated carbocycles. The van der Waals surface area contributed by atoms with Crippen molar-refractivity contribution in [1.29, 1.82) is 0 Å². The third-order valence-electron chi connectivity index (χ3n) is 2.32. The van der Waals surface area contributed by atoms with E-state index in [4.69, 9.17) is 21.1 Å². The number of halogens is 1. The van der Waals surface area contributed by atoms with Crippen molar-refractivity contribution in [1.82, 2.24) is 4.98 Å². The van der Waals surface area contributed by atoms with Crippen molar-refractivity contribution in [3.05, 3.63) is 23.2 Å². The number of thiazole rings is 1. The maximum atomic E-state index is 6.09. The van der Waals surface area contributed by atoms with Gasteiger partial charge in [-0.15, -0.1) is 0 Å². The molecule has 0 fully saturated rings. The Morgan fingerprint density at radius 3 is 3.00 bits per heavy atom. The predicted molar refractivity (Wildman–Crippen MR) is 75.8 cm³/mol. The minimum Gasteiger partial charge on any atom is -0.382 e. The smallest absolute Gasteiger partial charge is 0.183 e. The van der Waals surface area contributed by atoms with E-state index in [1.807, 2.05) is 18.2 Å². The summed E-state index contributed by atoms with van der Waals surface area (Å²) >= 11 is 7.65. The van der Waals surface area contributed by atoms with E-state index < -0.39 is 0 Å². The van der Waals surface area contributed by atoms with Crippen LogP contribution >= 0.6 is 22.9 Å². The molecule has 1 N–H and O–H groups in total. The lowest BCUT2D eigenvalue weighted by molar-refractivity contribution is 0.0759. The molecule has 0 atom stereocenters.